The minimum atomic E-state index is -0.363. The molecule has 0 radical (unpaired) electrons. The van der Waals surface area contributed by atoms with Gasteiger partial charge in [0, 0.05) is 17.3 Å². The molecule has 0 aliphatic carbocycles. The van der Waals surface area contributed by atoms with Crippen LogP contribution >= 0.6 is 0 Å². The molecule has 4 N–H and O–H groups in total. The summed E-state index contributed by atoms with van der Waals surface area (Å²) in [5.41, 5.74) is 14.4. The van der Waals surface area contributed by atoms with Crippen molar-refractivity contribution in [3.63, 3.8) is 0 Å². The van der Waals surface area contributed by atoms with Crippen LogP contribution in [0.5, 0.6) is 17.2 Å². The molecule has 6 heteroatoms. The Morgan fingerprint density at radius 3 is 2.65 bits per heavy atom. The van der Waals surface area contributed by atoms with Gasteiger partial charge in [-0.25, -0.2) is 0 Å². The lowest BCUT2D eigenvalue weighted by atomic mass is 9.83. The molecule has 2 aromatic carbocycles. The van der Waals surface area contributed by atoms with Crippen molar-refractivity contribution in [3.05, 3.63) is 59.0 Å². The molecule has 1 heterocycles. The quantitative estimate of drug-likeness (QED) is 0.801. The molecule has 1 aliphatic rings. The van der Waals surface area contributed by atoms with E-state index in [9.17, 15) is 5.26 Å². The van der Waals surface area contributed by atoms with Crippen LogP contribution in [0.2, 0.25) is 0 Å². The summed E-state index contributed by atoms with van der Waals surface area (Å²) in [7, 11) is 1.59. The van der Waals surface area contributed by atoms with Crippen molar-refractivity contribution >= 4 is 5.69 Å². The summed E-state index contributed by atoms with van der Waals surface area (Å²) >= 11 is 0. The zero-order chi connectivity index (χ0) is 18.7. The number of methoxy groups -OCH3 is 1. The Morgan fingerprint density at radius 2 is 1.96 bits per heavy atom. The number of nitrogen functional groups attached to an aromatic ring is 1. The fourth-order valence-electron chi connectivity index (χ4n) is 3.01. The first-order valence-corrected chi connectivity index (χ1v) is 8.36. The fraction of sp³-hybridized carbons (Fsp3) is 0.250. The number of allylic oxidation sites excluding steroid dienone is 1. The van der Waals surface area contributed by atoms with Gasteiger partial charge in [0.05, 0.1) is 19.6 Å². The molecule has 1 atom stereocenters. The van der Waals surface area contributed by atoms with E-state index >= 15 is 0 Å². The molecule has 0 spiro atoms. The van der Waals surface area contributed by atoms with Crippen LogP contribution in [-0.2, 0) is 0 Å². The lowest BCUT2D eigenvalue weighted by molar-refractivity contribution is 0.294. The molecule has 0 aromatic heterocycles. The summed E-state index contributed by atoms with van der Waals surface area (Å²) in [4.78, 5) is 0. The second-order valence-corrected chi connectivity index (χ2v) is 5.98. The van der Waals surface area contributed by atoms with Gasteiger partial charge in [0.1, 0.15) is 17.4 Å². The smallest absolute Gasteiger partial charge is 0.205 e. The Balaban J connectivity index is 2.11. The lowest BCUT2D eigenvalue weighted by Gasteiger charge is -2.27. The Hall–Kier alpha value is -3.33. The van der Waals surface area contributed by atoms with Crippen molar-refractivity contribution in [2.24, 2.45) is 5.73 Å². The zero-order valence-electron chi connectivity index (χ0n) is 14.8. The minimum Gasteiger partial charge on any atom is -0.493 e. The number of benzene rings is 2. The van der Waals surface area contributed by atoms with Gasteiger partial charge in [-0.2, -0.15) is 5.26 Å². The molecule has 134 valence electrons. The van der Waals surface area contributed by atoms with Crippen LogP contribution in [0.25, 0.3) is 0 Å². The Labute approximate surface area is 152 Å². The summed E-state index contributed by atoms with van der Waals surface area (Å²) < 4.78 is 16.8. The number of fused-ring (bicyclic) bond motifs is 1. The number of hydrogen-bond acceptors (Lipinski definition) is 6. The highest BCUT2D eigenvalue weighted by Gasteiger charge is 2.31. The summed E-state index contributed by atoms with van der Waals surface area (Å²) in [6.07, 6.45) is 0.900. The molecule has 0 saturated carbocycles. The highest BCUT2D eigenvalue weighted by Crippen LogP contribution is 2.44. The van der Waals surface area contributed by atoms with Crippen molar-refractivity contribution in [3.8, 4) is 23.3 Å². The maximum absolute atomic E-state index is 9.62. The number of nitriles is 1. The normalized spacial score (nSPS) is 15.7. The zero-order valence-corrected chi connectivity index (χ0v) is 14.8. The van der Waals surface area contributed by atoms with Crippen LogP contribution in [0.4, 0.5) is 5.69 Å². The Morgan fingerprint density at radius 1 is 1.15 bits per heavy atom. The number of ether oxygens (including phenoxy) is 3. The number of nitrogens with zero attached hydrogens (tertiary/aromatic N) is 1. The topological polar surface area (TPSA) is 104 Å². The van der Waals surface area contributed by atoms with E-state index in [1.807, 2.05) is 31.2 Å². The highest BCUT2D eigenvalue weighted by atomic mass is 16.5. The summed E-state index contributed by atoms with van der Waals surface area (Å²) in [6.45, 7) is 2.64. The number of anilines is 1. The van der Waals surface area contributed by atoms with E-state index in [4.69, 9.17) is 25.7 Å². The molecule has 0 bridgehead atoms. The van der Waals surface area contributed by atoms with Crippen LogP contribution in [-0.4, -0.2) is 13.7 Å². The van der Waals surface area contributed by atoms with Gasteiger partial charge < -0.3 is 25.7 Å². The number of rotatable bonds is 5. The predicted octanol–water partition coefficient (Wildman–Crippen LogP) is 3.28. The predicted molar refractivity (Wildman–Crippen MR) is 98.9 cm³/mol. The summed E-state index contributed by atoms with van der Waals surface area (Å²) in [5, 5.41) is 9.62. The lowest BCUT2D eigenvalue weighted by Crippen LogP contribution is -2.21. The Kier molecular flexibility index (Phi) is 4.90. The van der Waals surface area contributed by atoms with Gasteiger partial charge in [0.2, 0.25) is 5.88 Å². The van der Waals surface area contributed by atoms with Crippen LogP contribution < -0.4 is 25.7 Å². The van der Waals surface area contributed by atoms with Gasteiger partial charge in [-0.05, 0) is 30.2 Å². The average Bonchev–Trinajstić information content (AvgIpc) is 2.65. The molecule has 0 fully saturated rings. The van der Waals surface area contributed by atoms with Crippen molar-refractivity contribution in [2.45, 2.75) is 19.3 Å². The molecule has 6 nitrogen and oxygen atoms in total. The molecular formula is C20H21N3O3. The van der Waals surface area contributed by atoms with Gasteiger partial charge in [0.15, 0.2) is 11.5 Å². The van der Waals surface area contributed by atoms with E-state index in [1.54, 1.807) is 19.2 Å². The summed E-state index contributed by atoms with van der Waals surface area (Å²) in [6, 6.07) is 13.1. The van der Waals surface area contributed by atoms with Crippen LogP contribution in [0.1, 0.15) is 30.4 Å². The molecule has 0 unspecified atom stereocenters. The average molecular weight is 351 g/mol. The van der Waals surface area contributed by atoms with E-state index in [-0.39, 0.29) is 11.8 Å². The van der Waals surface area contributed by atoms with Crippen LogP contribution in [0, 0.1) is 11.3 Å². The highest BCUT2D eigenvalue weighted by molar-refractivity contribution is 5.60. The van der Waals surface area contributed by atoms with Crippen molar-refractivity contribution in [1.82, 2.24) is 0 Å². The first-order chi connectivity index (χ1) is 12.6. The van der Waals surface area contributed by atoms with E-state index in [1.165, 1.54) is 0 Å². The third-order valence-corrected chi connectivity index (χ3v) is 4.23. The largest absolute Gasteiger partial charge is 0.493 e. The van der Waals surface area contributed by atoms with E-state index in [0.717, 1.165) is 17.5 Å². The first kappa shape index (κ1) is 17.5. The van der Waals surface area contributed by atoms with Crippen molar-refractivity contribution in [2.75, 3.05) is 19.5 Å². The van der Waals surface area contributed by atoms with Gasteiger partial charge >= 0.3 is 0 Å². The third-order valence-electron chi connectivity index (χ3n) is 4.23. The molecule has 0 saturated heterocycles. The number of nitrogens with two attached hydrogens (primary N) is 2. The van der Waals surface area contributed by atoms with E-state index in [2.05, 4.69) is 6.07 Å². The van der Waals surface area contributed by atoms with Crippen molar-refractivity contribution in [1.29, 1.82) is 5.26 Å². The maximum Gasteiger partial charge on any atom is 0.205 e. The third kappa shape index (κ3) is 3.11. The van der Waals surface area contributed by atoms with Gasteiger partial charge in [0.25, 0.3) is 0 Å². The molecule has 1 aliphatic heterocycles. The van der Waals surface area contributed by atoms with E-state index < -0.39 is 0 Å². The molecule has 26 heavy (non-hydrogen) atoms. The number of hydrogen-bond donors (Lipinski definition) is 2. The van der Waals surface area contributed by atoms with Crippen LogP contribution in [0.15, 0.2) is 47.9 Å². The van der Waals surface area contributed by atoms with E-state index in [0.29, 0.717) is 35.1 Å². The second-order valence-electron chi connectivity index (χ2n) is 5.98. The molecule has 3 rings (SSSR count). The van der Waals surface area contributed by atoms with Gasteiger partial charge in [-0.1, -0.05) is 19.1 Å². The van der Waals surface area contributed by atoms with Crippen LogP contribution in [0.3, 0.4) is 0 Å². The molecule has 2 aromatic rings. The minimum absolute atomic E-state index is 0.0841. The monoisotopic (exact) mass is 351 g/mol. The first-order valence-electron chi connectivity index (χ1n) is 8.36. The fourth-order valence-corrected chi connectivity index (χ4v) is 3.01. The SMILES string of the molecule is CCCOc1ccc([C@@H]2C(C#N)=C(N)Oc3cc(N)ccc32)cc1OC. The second kappa shape index (κ2) is 7.28. The standard InChI is InChI=1S/C20H21N3O3/c1-3-8-25-16-7-4-12(9-18(16)24-2)19-14-6-5-13(22)10-17(14)26-20(23)15(19)11-21/h4-7,9-10,19H,3,8,22-23H2,1-2H3/t19-/m0/s1. The molecular weight excluding hydrogens is 330 g/mol. The molecule has 0 amide bonds. The van der Waals surface area contributed by atoms with Gasteiger partial charge in [-0.15, -0.1) is 0 Å². The maximum atomic E-state index is 9.62. The Bertz CT molecular complexity index is 900. The summed E-state index contributed by atoms with van der Waals surface area (Å²) in [5.74, 6) is 1.55. The van der Waals surface area contributed by atoms with Crippen molar-refractivity contribution < 1.29 is 14.2 Å². The van der Waals surface area contributed by atoms with Gasteiger partial charge in [-0.3, -0.25) is 0 Å².